The topological polar surface area (TPSA) is 70.0 Å². The molecule has 2 rings (SSSR count). The summed E-state index contributed by atoms with van der Waals surface area (Å²) >= 11 is 2.96. The van der Waals surface area contributed by atoms with E-state index in [0.717, 1.165) is 19.2 Å². The van der Waals surface area contributed by atoms with E-state index in [-0.39, 0.29) is 25.4 Å². The van der Waals surface area contributed by atoms with Crippen LogP contribution in [0, 0.1) is 5.82 Å². The lowest BCUT2D eigenvalue weighted by atomic mass is 10.2. The maximum Gasteiger partial charge on any atom is 0.431 e. The summed E-state index contributed by atoms with van der Waals surface area (Å²) in [5.74, 6) is -0.986. The molecule has 0 unspecified atom stereocenters. The van der Waals surface area contributed by atoms with Crippen LogP contribution in [0.2, 0.25) is 0 Å². The van der Waals surface area contributed by atoms with E-state index in [1.54, 1.807) is 0 Å². The van der Waals surface area contributed by atoms with Crippen LogP contribution < -0.4 is 17.0 Å². The third kappa shape index (κ3) is 2.65. The number of rotatable bonds is 1. The molecule has 0 bridgehead atoms. The molecule has 2 aromatic rings. The van der Waals surface area contributed by atoms with E-state index in [9.17, 15) is 27.2 Å². The normalized spacial score (nSPS) is 11.7. The lowest BCUT2D eigenvalue weighted by Gasteiger charge is -2.14. The second kappa shape index (κ2) is 5.27. The Morgan fingerprint density at radius 3 is 2.32 bits per heavy atom. The Morgan fingerprint density at radius 1 is 1.18 bits per heavy atom. The summed E-state index contributed by atoms with van der Waals surface area (Å²) in [6.07, 6.45) is -4.89. The number of nitrogens with two attached hydrogens (primary N) is 1. The average molecular weight is 382 g/mol. The fraction of sp³-hybridized carbons (Fsp3) is 0.167. The van der Waals surface area contributed by atoms with Gasteiger partial charge in [0.05, 0.1) is 5.69 Å². The number of benzene rings is 1. The van der Waals surface area contributed by atoms with Crippen LogP contribution in [0.15, 0.2) is 32.3 Å². The second-order valence-electron chi connectivity index (χ2n) is 4.37. The van der Waals surface area contributed by atoms with Gasteiger partial charge in [-0.15, -0.1) is 0 Å². The van der Waals surface area contributed by atoms with Gasteiger partial charge in [-0.05, 0) is 28.1 Å². The number of nitrogens with zero attached hydrogens (tertiary/aromatic N) is 2. The summed E-state index contributed by atoms with van der Waals surface area (Å²) in [5, 5.41) is 0. The molecule has 0 saturated carbocycles. The van der Waals surface area contributed by atoms with Crippen molar-refractivity contribution in [2.75, 3.05) is 5.73 Å². The standard InChI is InChI=1S/C12H8BrF4N3O2/c1-19-9(12(15,16)17)4-10(21)20(11(19)22)8-3-7(18)5(13)2-6(8)14/h2-4H,18H2,1H3. The van der Waals surface area contributed by atoms with E-state index >= 15 is 0 Å². The molecule has 1 heterocycles. The van der Waals surface area contributed by atoms with Crippen LogP contribution in [0.4, 0.5) is 23.2 Å². The molecular formula is C12H8BrF4N3O2. The minimum absolute atomic E-state index is 0.0188. The largest absolute Gasteiger partial charge is 0.431 e. The first-order valence-electron chi connectivity index (χ1n) is 5.69. The molecule has 10 heteroatoms. The number of nitrogen functional groups attached to an aromatic ring is 1. The third-order valence-corrected chi connectivity index (χ3v) is 3.60. The molecule has 0 fully saturated rings. The average Bonchev–Trinajstić information content (AvgIpc) is 2.38. The summed E-state index contributed by atoms with van der Waals surface area (Å²) in [6.45, 7) is 0. The van der Waals surface area contributed by atoms with Gasteiger partial charge in [0.1, 0.15) is 11.5 Å². The van der Waals surface area contributed by atoms with Crippen LogP contribution in [0.25, 0.3) is 5.69 Å². The van der Waals surface area contributed by atoms with Crippen molar-refractivity contribution in [2.45, 2.75) is 6.18 Å². The van der Waals surface area contributed by atoms with Crippen LogP contribution in [-0.4, -0.2) is 9.13 Å². The molecule has 0 amide bonds. The predicted octanol–water partition coefficient (Wildman–Crippen LogP) is 2.04. The van der Waals surface area contributed by atoms with Gasteiger partial charge in [-0.1, -0.05) is 0 Å². The van der Waals surface area contributed by atoms with Crippen LogP contribution in [0.3, 0.4) is 0 Å². The van der Waals surface area contributed by atoms with E-state index in [4.69, 9.17) is 5.73 Å². The Morgan fingerprint density at radius 2 is 1.77 bits per heavy atom. The number of hydrogen-bond acceptors (Lipinski definition) is 3. The van der Waals surface area contributed by atoms with E-state index < -0.39 is 34.6 Å². The molecule has 5 nitrogen and oxygen atoms in total. The van der Waals surface area contributed by atoms with E-state index in [1.807, 2.05) is 0 Å². The van der Waals surface area contributed by atoms with E-state index in [2.05, 4.69) is 15.9 Å². The molecule has 1 aromatic carbocycles. The molecule has 0 spiro atoms. The van der Waals surface area contributed by atoms with Gasteiger partial charge in [-0.2, -0.15) is 13.2 Å². The van der Waals surface area contributed by atoms with E-state index in [0.29, 0.717) is 0 Å². The molecule has 0 aliphatic rings. The zero-order chi connectivity index (χ0) is 16.8. The molecule has 0 atom stereocenters. The van der Waals surface area contributed by atoms with Crippen molar-refractivity contribution in [3.05, 3.63) is 55.0 Å². The number of hydrogen-bond donors (Lipinski definition) is 1. The van der Waals surface area contributed by atoms with Crippen molar-refractivity contribution in [1.82, 2.24) is 9.13 Å². The molecule has 22 heavy (non-hydrogen) atoms. The fourth-order valence-corrected chi connectivity index (χ4v) is 2.16. The highest BCUT2D eigenvalue weighted by Crippen LogP contribution is 2.28. The van der Waals surface area contributed by atoms with Crippen LogP contribution in [0.1, 0.15) is 5.69 Å². The number of alkyl halides is 3. The fourth-order valence-electron chi connectivity index (χ4n) is 1.84. The van der Waals surface area contributed by atoms with Crippen molar-refractivity contribution in [1.29, 1.82) is 0 Å². The van der Waals surface area contributed by atoms with Gasteiger partial charge in [0.15, 0.2) is 0 Å². The maximum absolute atomic E-state index is 13.9. The lowest BCUT2D eigenvalue weighted by Crippen LogP contribution is -2.41. The minimum atomic E-state index is -4.89. The van der Waals surface area contributed by atoms with Crippen LogP contribution >= 0.6 is 15.9 Å². The van der Waals surface area contributed by atoms with Gasteiger partial charge in [-0.25, -0.2) is 13.8 Å². The number of anilines is 1. The Balaban J connectivity index is 2.85. The van der Waals surface area contributed by atoms with Crippen molar-refractivity contribution in [2.24, 2.45) is 7.05 Å². The molecule has 0 saturated heterocycles. The smallest absolute Gasteiger partial charge is 0.398 e. The third-order valence-electron chi connectivity index (χ3n) is 2.92. The molecular weight excluding hydrogens is 374 g/mol. The first-order valence-corrected chi connectivity index (χ1v) is 6.48. The van der Waals surface area contributed by atoms with Crippen LogP contribution in [-0.2, 0) is 13.2 Å². The summed E-state index contributed by atoms with van der Waals surface area (Å²) in [4.78, 5) is 23.9. The second-order valence-corrected chi connectivity index (χ2v) is 5.22. The molecule has 0 radical (unpaired) electrons. The number of halogens is 5. The molecule has 1 aromatic heterocycles. The lowest BCUT2D eigenvalue weighted by molar-refractivity contribution is -0.144. The zero-order valence-corrected chi connectivity index (χ0v) is 12.5. The number of aromatic nitrogens is 2. The van der Waals surface area contributed by atoms with Crippen molar-refractivity contribution >= 4 is 21.6 Å². The Labute approximate surface area is 128 Å². The Bertz CT molecular complexity index is 870. The van der Waals surface area contributed by atoms with Crippen molar-refractivity contribution in [3.63, 3.8) is 0 Å². The summed E-state index contributed by atoms with van der Waals surface area (Å²) in [6, 6.07) is 2.11. The van der Waals surface area contributed by atoms with E-state index in [1.165, 1.54) is 0 Å². The highest BCUT2D eigenvalue weighted by Gasteiger charge is 2.35. The van der Waals surface area contributed by atoms with Gasteiger partial charge in [0, 0.05) is 23.3 Å². The van der Waals surface area contributed by atoms with Crippen molar-refractivity contribution in [3.8, 4) is 5.69 Å². The van der Waals surface area contributed by atoms with Gasteiger partial charge >= 0.3 is 11.9 Å². The monoisotopic (exact) mass is 381 g/mol. The van der Waals surface area contributed by atoms with Gasteiger partial charge in [-0.3, -0.25) is 9.36 Å². The first-order chi connectivity index (χ1) is 10.0. The highest BCUT2D eigenvalue weighted by atomic mass is 79.9. The van der Waals surface area contributed by atoms with Crippen LogP contribution in [0.5, 0.6) is 0 Å². The van der Waals surface area contributed by atoms with Gasteiger partial charge in [0.2, 0.25) is 0 Å². The zero-order valence-electron chi connectivity index (χ0n) is 10.9. The molecule has 118 valence electrons. The molecule has 0 aliphatic carbocycles. The maximum atomic E-state index is 13.9. The summed E-state index contributed by atoms with van der Waals surface area (Å²) in [7, 11) is 0.835. The highest BCUT2D eigenvalue weighted by molar-refractivity contribution is 9.10. The molecule has 2 N–H and O–H groups in total. The Hall–Kier alpha value is -2.10. The van der Waals surface area contributed by atoms with Gasteiger partial charge < -0.3 is 5.73 Å². The quantitative estimate of drug-likeness (QED) is 0.606. The predicted molar refractivity (Wildman–Crippen MR) is 74.4 cm³/mol. The molecule has 0 aliphatic heterocycles. The SMILES string of the molecule is Cn1c(C(F)(F)F)cc(=O)n(-c2cc(N)c(Br)cc2F)c1=O. The summed E-state index contributed by atoms with van der Waals surface area (Å²) in [5.41, 5.74) is 0.969. The van der Waals surface area contributed by atoms with Gasteiger partial charge in [0.25, 0.3) is 5.56 Å². The Kier molecular flexibility index (Phi) is 3.90. The van der Waals surface area contributed by atoms with Crippen molar-refractivity contribution < 1.29 is 17.6 Å². The first kappa shape index (κ1) is 16.3. The summed E-state index contributed by atoms with van der Waals surface area (Å²) < 4.78 is 52.8. The minimum Gasteiger partial charge on any atom is -0.398 e.